The van der Waals surface area contributed by atoms with Crippen LogP contribution >= 0.6 is 0 Å². The van der Waals surface area contributed by atoms with Gasteiger partial charge in [0, 0.05) is 33.4 Å². The highest BCUT2D eigenvalue weighted by Gasteiger charge is 2.37. The normalized spacial score (nSPS) is 11.4. The van der Waals surface area contributed by atoms with Gasteiger partial charge >= 0.3 is 8.80 Å². The van der Waals surface area contributed by atoms with Crippen LogP contribution in [0.4, 0.5) is 0 Å². The predicted octanol–water partition coefficient (Wildman–Crippen LogP) is 2.12. The molecule has 0 atom stereocenters. The minimum atomic E-state index is -2.54. The van der Waals surface area contributed by atoms with Gasteiger partial charge in [-0.15, -0.1) is 0 Å². The maximum Gasteiger partial charge on any atom is 0.500 e. The molecule has 0 amide bonds. The number of rotatable bonds is 8. The van der Waals surface area contributed by atoms with E-state index >= 15 is 0 Å². The average Bonchev–Trinajstić information content (AvgIpc) is 2.48. The lowest BCUT2D eigenvalue weighted by Gasteiger charge is -2.24. The van der Waals surface area contributed by atoms with Crippen molar-refractivity contribution in [3.05, 3.63) is 23.8 Å². The minimum Gasteiger partial charge on any atom is -0.497 e. The van der Waals surface area contributed by atoms with Crippen molar-refractivity contribution in [2.24, 2.45) is 0 Å². The third-order valence-corrected chi connectivity index (χ3v) is 5.79. The predicted molar refractivity (Wildman–Crippen MR) is 74.8 cm³/mol. The van der Waals surface area contributed by atoms with E-state index in [9.17, 15) is 0 Å². The van der Waals surface area contributed by atoms with Gasteiger partial charge in [-0.25, -0.2) is 0 Å². The first-order valence-corrected chi connectivity index (χ1v) is 7.93. The summed E-state index contributed by atoms with van der Waals surface area (Å²) >= 11 is 0. The quantitative estimate of drug-likeness (QED) is 0.685. The molecule has 0 aromatic heterocycles. The van der Waals surface area contributed by atoms with E-state index in [1.807, 2.05) is 18.2 Å². The Balaban J connectivity index is 2.81. The zero-order valence-electron chi connectivity index (χ0n) is 12.2. The molecule has 0 saturated heterocycles. The lowest BCUT2D eigenvalue weighted by atomic mass is 10.1. The second-order valence-corrected chi connectivity index (χ2v) is 7.11. The van der Waals surface area contributed by atoms with Crippen LogP contribution in [0.5, 0.6) is 11.5 Å². The van der Waals surface area contributed by atoms with Gasteiger partial charge in [0.25, 0.3) is 0 Å². The Kier molecular flexibility index (Phi) is 6.30. The highest BCUT2D eigenvalue weighted by atomic mass is 28.4. The second kappa shape index (κ2) is 7.49. The number of ether oxygens (including phenoxy) is 2. The third-order valence-electron chi connectivity index (χ3n) is 3.06. The van der Waals surface area contributed by atoms with E-state index in [1.165, 1.54) is 0 Å². The van der Waals surface area contributed by atoms with Crippen molar-refractivity contribution in [3.8, 4) is 11.5 Å². The van der Waals surface area contributed by atoms with Crippen LogP contribution in [0.2, 0.25) is 6.04 Å². The molecule has 1 rings (SSSR count). The van der Waals surface area contributed by atoms with Crippen LogP contribution < -0.4 is 9.47 Å². The molecule has 1 aromatic rings. The molecule has 0 bridgehead atoms. The molecular formula is C13H22O5Si. The summed E-state index contributed by atoms with van der Waals surface area (Å²) in [5, 5.41) is 0. The Hall–Kier alpha value is -1.08. The van der Waals surface area contributed by atoms with Crippen molar-refractivity contribution < 1.29 is 22.8 Å². The molecule has 108 valence electrons. The Morgan fingerprint density at radius 3 is 1.63 bits per heavy atom. The summed E-state index contributed by atoms with van der Waals surface area (Å²) < 4.78 is 26.7. The summed E-state index contributed by atoms with van der Waals surface area (Å²) in [7, 11) is 5.58. The van der Waals surface area contributed by atoms with E-state index in [-0.39, 0.29) is 0 Å². The van der Waals surface area contributed by atoms with Gasteiger partial charge in [-0.3, -0.25) is 0 Å². The lowest BCUT2D eigenvalue weighted by molar-refractivity contribution is 0.123. The summed E-state index contributed by atoms with van der Waals surface area (Å²) in [6.45, 7) is 0. The van der Waals surface area contributed by atoms with E-state index in [2.05, 4.69) is 0 Å². The van der Waals surface area contributed by atoms with Gasteiger partial charge in [-0.1, -0.05) is 0 Å². The maximum absolute atomic E-state index is 5.40. The van der Waals surface area contributed by atoms with Crippen LogP contribution in [-0.4, -0.2) is 44.4 Å². The van der Waals surface area contributed by atoms with Crippen molar-refractivity contribution in [1.29, 1.82) is 0 Å². The van der Waals surface area contributed by atoms with E-state index < -0.39 is 8.80 Å². The molecule has 0 fully saturated rings. The van der Waals surface area contributed by atoms with Gasteiger partial charge in [0.15, 0.2) is 0 Å². The van der Waals surface area contributed by atoms with E-state index in [1.54, 1.807) is 35.5 Å². The van der Waals surface area contributed by atoms with Crippen LogP contribution in [0.25, 0.3) is 0 Å². The molecule has 0 aliphatic carbocycles. The Labute approximate surface area is 115 Å². The number of hydrogen-bond acceptors (Lipinski definition) is 5. The van der Waals surface area contributed by atoms with Gasteiger partial charge in [0.05, 0.1) is 14.2 Å². The van der Waals surface area contributed by atoms with Gasteiger partial charge in [-0.05, 0) is 24.1 Å². The van der Waals surface area contributed by atoms with Gasteiger partial charge in [0.1, 0.15) is 11.5 Å². The zero-order chi connectivity index (χ0) is 14.3. The topological polar surface area (TPSA) is 46.2 Å². The fourth-order valence-corrected chi connectivity index (χ4v) is 3.57. The second-order valence-electron chi connectivity index (χ2n) is 4.02. The largest absolute Gasteiger partial charge is 0.500 e. The van der Waals surface area contributed by atoms with Crippen molar-refractivity contribution in [1.82, 2.24) is 0 Å². The van der Waals surface area contributed by atoms with Gasteiger partial charge in [-0.2, -0.15) is 0 Å². The fourth-order valence-electron chi connectivity index (χ4n) is 1.86. The highest BCUT2D eigenvalue weighted by molar-refractivity contribution is 6.60. The van der Waals surface area contributed by atoms with E-state index in [0.29, 0.717) is 6.04 Å². The van der Waals surface area contributed by atoms with Gasteiger partial charge < -0.3 is 22.8 Å². The monoisotopic (exact) mass is 286 g/mol. The molecule has 5 nitrogen and oxygen atoms in total. The molecule has 0 aliphatic rings. The molecule has 0 N–H and O–H groups in total. The Bertz CT molecular complexity index is 362. The SMILES string of the molecule is COc1cc(CC[Si](OC)(OC)OC)cc(OC)c1. The first-order valence-electron chi connectivity index (χ1n) is 6.00. The third kappa shape index (κ3) is 4.21. The molecule has 0 spiro atoms. The Morgan fingerprint density at radius 1 is 0.789 bits per heavy atom. The maximum atomic E-state index is 5.40. The lowest BCUT2D eigenvalue weighted by Crippen LogP contribution is -2.43. The van der Waals surface area contributed by atoms with E-state index in [4.69, 9.17) is 22.8 Å². The summed E-state index contributed by atoms with van der Waals surface area (Å²) in [6, 6.07) is 6.50. The van der Waals surface area contributed by atoms with Crippen molar-refractivity contribution in [3.63, 3.8) is 0 Å². The zero-order valence-corrected chi connectivity index (χ0v) is 13.2. The summed E-state index contributed by atoms with van der Waals surface area (Å²) in [6.07, 6.45) is 0.773. The fraction of sp³-hybridized carbons (Fsp3) is 0.538. The van der Waals surface area contributed by atoms with Crippen molar-refractivity contribution in [2.75, 3.05) is 35.5 Å². The summed E-state index contributed by atoms with van der Waals surface area (Å²) in [5.41, 5.74) is 1.10. The number of benzene rings is 1. The summed E-state index contributed by atoms with van der Waals surface area (Å²) in [5.74, 6) is 1.54. The molecule has 0 radical (unpaired) electrons. The molecule has 0 unspecified atom stereocenters. The smallest absolute Gasteiger partial charge is 0.497 e. The average molecular weight is 286 g/mol. The molecule has 0 saturated carbocycles. The van der Waals surface area contributed by atoms with E-state index in [0.717, 1.165) is 23.5 Å². The number of aryl methyl sites for hydroxylation is 1. The molecule has 19 heavy (non-hydrogen) atoms. The Morgan fingerprint density at radius 2 is 1.26 bits per heavy atom. The van der Waals surface area contributed by atoms with Crippen LogP contribution in [0.3, 0.4) is 0 Å². The van der Waals surface area contributed by atoms with Crippen LogP contribution in [-0.2, 0) is 19.7 Å². The number of methoxy groups -OCH3 is 2. The first kappa shape index (κ1) is 16.0. The molecule has 6 heteroatoms. The van der Waals surface area contributed by atoms with Crippen molar-refractivity contribution in [2.45, 2.75) is 12.5 Å². The standard InChI is InChI=1S/C13H22O5Si/c1-14-12-8-11(9-13(10-12)15-2)6-7-19(16-3,17-4)18-5/h8-10H,6-7H2,1-5H3. The molecule has 1 aromatic carbocycles. The summed E-state index contributed by atoms with van der Waals surface area (Å²) in [4.78, 5) is 0. The van der Waals surface area contributed by atoms with Gasteiger partial charge in [0.2, 0.25) is 0 Å². The molecule has 0 aliphatic heterocycles. The van der Waals surface area contributed by atoms with Crippen LogP contribution in [0, 0.1) is 0 Å². The van der Waals surface area contributed by atoms with Crippen LogP contribution in [0.15, 0.2) is 18.2 Å². The number of hydrogen-bond donors (Lipinski definition) is 0. The highest BCUT2D eigenvalue weighted by Crippen LogP contribution is 2.25. The van der Waals surface area contributed by atoms with Crippen LogP contribution in [0.1, 0.15) is 5.56 Å². The van der Waals surface area contributed by atoms with Crippen molar-refractivity contribution >= 4 is 8.80 Å². The minimum absolute atomic E-state index is 0.701. The molecular weight excluding hydrogens is 264 g/mol. The first-order chi connectivity index (χ1) is 9.12. The molecule has 0 heterocycles.